The van der Waals surface area contributed by atoms with Crippen LogP contribution in [0.25, 0.3) is 0 Å². The lowest BCUT2D eigenvalue weighted by Crippen LogP contribution is -2.49. The molecule has 20 heavy (non-hydrogen) atoms. The summed E-state index contributed by atoms with van der Waals surface area (Å²) in [6.45, 7) is 9.84. The van der Waals surface area contributed by atoms with Gasteiger partial charge < -0.3 is 20.1 Å². The fraction of sp³-hybridized carbons (Fsp3) is 0.625. The minimum atomic E-state index is -0.0768. The van der Waals surface area contributed by atoms with Crippen LogP contribution in [0.15, 0.2) is 18.2 Å². The van der Waals surface area contributed by atoms with Crippen LogP contribution in [-0.4, -0.2) is 43.6 Å². The van der Waals surface area contributed by atoms with Crippen molar-refractivity contribution in [3.8, 4) is 0 Å². The summed E-state index contributed by atoms with van der Waals surface area (Å²) in [5.41, 5.74) is 3.85. The van der Waals surface area contributed by atoms with Crippen molar-refractivity contribution in [2.45, 2.75) is 39.5 Å². The number of aliphatic hydroxyl groups is 1. The number of aliphatic hydroxyl groups excluding tert-OH is 1. The van der Waals surface area contributed by atoms with Gasteiger partial charge >= 0.3 is 0 Å². The zero-order valence-corrected chi connectivity index (χ0v) is 12.7. The molecule has 1 aromatic carbocycles. The molecule has 0 bridgehead atoms. The van der Waals surface area contributed by atoms with Crippen LogP contribution in [0.2, 0.25) is 0 Å². The summed E-state index contributed by atoms with van der Waals surface area (Å²) in [6, 6.07) is 6.96. The lowest BCUT2D eigenvalue weighted by atomic mass is 10.1. The van der Waals surface area contributed by atoms with Crippen LogP contribution in [-0.2, 0) is 11.3 Å². The van der Waals surface area contributed by atoms with E-state index in [9.17, 15) is 5.11 Å². The van der Waals surface area contributed by atoms with Gasteiger partial charge in [0.25, 0.3) is 0 Å². The van der Waals surface area contributed by atoms with Crippen LogP contribution in [0.5, 0.6) is 0 Å². The molecular formula is C16H26N2O2. The van der Waals surface area contributed by atoms with Crippen LogP contribution in [0.3, 0.4) is 0 Å². The largest absolute Gasteiger partial charge is 0.394 e. The molecular weight excluding hydrogens is 252 g/mol. The molecule has 0 aromatic heterocycles. The molecule has 1 saturated heterocycles. The number of morpholine rings is 1. The number of hydrogen-bond donors (Lipinski definition) is 2. The lowest BCUT2D eigenvalue weighted by Gasteiger charge is -2.40. The fourth-order valence-corrected chi connectivity index (χ4v) is 2.68. The third-order valence-electron chi connectivity index (χ3n) is 3.86. The van der Waals surface area contributed by atoms with Gasteiger partial charge in [0, 0.05) is 24.8 Å². The summed E-state index contributed by atoms with van der Waals surface area (Å²) in [4.78, 5) is 2.34. The summed E-state index contributed by atoms with van der Waals surface area (Å²) in [5.74, 6) is 0. The fourth-order valence-electron chi connectivity index (χ4n) is 2.68. The Labute approximate surface area is 121 Å². The Bertz CT molecular complexity index is 436. The first-order valence-corrected chi connectivity index (χ1v) is 7.45. The monoisotopic (exact) mass is 278 g/mol. The summed E-state index contributed by atoms with van der Waals surface area (Å²) < 4.78 is 5.61. The topological polar surface area (TPSA) is 44.7 Å². The van der Waals surface area contributed by atoms with E-state index in [0.717, 1.165) is 19.6 Å². The molecule has 1 fully saturated rings. The molecule has 2 atom stereocenters. The van der Waals surface area contributed by atoms with Crippen molar-refractivity contribution < 1.29 is 9.84 Å². The van der Waals surface area contributed by atoms with Crippen molar-refractivity contribution in [3.63, 3.8) is 0 Å². The molecule has 2 unspecified atom stereocenters. The van der Waals surface area contributed by atoms with Gasteiger partial charge in [0.2, 0.25) is 0 Å². The molecule has 0 radical (unpaired) electrons. The zero-order valence-electron chi connectivity index (χ0n) is 12.7. The molecule has 0 aliphatic carbocycles. The molecule has 1 aliphatic rings. The Balaban J connectivity index is 2.14. The lowest BCUT2D eigenvalue weighted by molar-refractivity contribution is -0.0103. The first-order valence-electron chi connectivity index (χ1n) is 7.45. The van der Waals surface area contributed by atoms with Gasteiger partial charge in [-0.15, -0.1) is 0 Å². The number of nitrogens with one attached hydrogen (secondary N) is 1. The second-order valence-corrected chi connectivity index (χ2v) is 5.54. The molecule has 1 aliphatic heterocycles. The summed E-state index contributed by atoms with van der Waals surface area (Å²) in [5, 5.41) is 12.6. The number of rotatable bonds is 5. The van der Waals surface area contributed by atoms with Crippen LogP contribution >= 0.6 is 0 Å². The van der Waals surface area contributed by atoms with E-state index in [1.807, 2.05) is 0 Å². The highest BCUT2D eigenvalue weighted by molar-refractivity contribution is 5.55. The van der Waals surface area contributed by atoms with Gasteiger partial charge in [-0.1, -0.05) is 19.1 Å². The molecule has 2 rings (SSSR count). The number of hydrogen-bond acceptors (Lipinski definition) is 4. The predicted molar refractivity (Wildman–Crippen MR) is 82.2 cm³/mol. The molecule has 4 nitrogen and oxygen atoms in total. The van der Waals surface area contributed by atoms with Crippen LogP contribution in [0.4, 0.5) is 5.69 Å². The summed E-state index contributed by atoms with van der Waals surface area (Å²) in [6.07, 6.45) is -0.0768. The third-order valence-corrected chi connectivity index (χ3v) is 3.86. The molecule has 2 N–H and O–H groups in total. The first kappa shape index (κ1) is 15.3. The maximum absolute atomic E-state index is 9.29. The highest BCUT2D eigenvalue weighted by Crippen LogP contribution is 2.26. The Morgan fingerprint density at radius 2 is 2.25 bits per heavy atom. The SMILES string of the molecule is CCNCc1ccc(N2CC(CO)OCC2C)c(C)c1. The van der Waals surface area contributed by atoms with Gasteiger partial charge in [0.15, 0.2) is 0 Å². The van der Waals surface area contributed by atoms with Crippen LogP contribution in [0, 0.1) is 6.92 Å². The standard InChI is InChI=1S/C16H26N2O2/c1-4-17-8-14-5-6-16(12(2)7-14)18-9-15(10-19)20-11-13(18)3/h5-7,13,15,17,19H,4,8-11H2,1-3H3. The van der Waals surface area contributed by atoms with Crippen LogP contribution in [0.1, 0.15) is 25.0 Å². The van der Waals surface area contributed by atoms with Gasteiger partial charge in [-0.3, -0.25) is 0 Å². The van der Waals surface area contributed by atoms with Gasteiger partial charge in [-0.2, -0.15) is 0 Å². The number of nitrogens with zero attached hydrogens (tertiary/aromatic N) is 1. The molecule has 1 aromatic rings. The first-order chi connectivity index (χ1) is 9.65. The highest BCUT2D eigenvalue weighted by Gasteiger charge is 2.26. The van der Waals surface area contributed by atoms with Crippen molar-refractivity contribution in [3.05, 3.63) is 29.3 Å². The Morgan fingerprint density at radius 1 is 1.45 bits per heavy atom. The second kappa shape index (κ2) is 7.07. The van der Waals surface area contributed by atoms with E-state index in [4.69, 9.17) is 4.74 Å². The molecule has 1 heterocycles. The average molecular weight is 278 g/mol. The van der Waals surface area contributed by atoms with E-state index in [2.05, 4.69) is 49.2 Å². The van der Waals surface area contributed by atoms with Crippen molar-refractivity contribution in [2.75, 3.05) is 31.2 Å². The molecule has 0 saturated carbocycles. The van der Waals surface area contributed by atoms with Crippen molar-refractivity contribution in [2.24, 2.45) is 0 Å². The maximum atomic E-state index is 9.29. The van der Waals surface area contributed by atoms with Gasteiger partial charge in [0.1, 0.15) is 0 Å². The van der Waals surface area contributed by atoms with Crippen LogP contribution < -0.4 is 10.2 Å². The van der Waals surface area contributed by atoms with Gasteiger partial charge in [0.05, 0.1) is 19.3 Å². The molecule has 0 amide bonds. The smallest absolute Gasteiger partial charge is 0.0981 e. The summed E-state index contributed by atoms with van der Waals surface area (Å²) >= 11 is 0. The average Bonchev–Trinajstić information content (AvgIpc) is 2.46. The Morgan fingerprint density at radius 3 is 2.90 bits per heavy atom. The molecule has 0 spiro atoms. The van der Waals surface area contributed by atoms with E-state index in [0.29, 0.717) is 12.6 Å². The van der Waals surface area contributed by atoms with Crippen molar-refractivity contribution >= 4 is 5.69 Å². The quantitative estimate of drug-likeness (QED) is 0.860. The van der Waals surface area contributed by atoms with E-state index >= 15 is 0 Å². The van der Waals surface area contributed by atoms with Crippen molar-refractivity contribution in [1.29, 1.82) is 0 Å². The molecule has 112 valence electrons. The van der Waals surface area contributed by atoms with E-state index in [1.54, 1.807) is 0 Å². The summed E-state index contributed by atoms with van der Waals surface area (Å²) in [7, 11) is 0. The minimum Gasteiger partial charge on any atom is -0.394 e. The van der Waals surface area contributed by atoms with Crippen molar-refractivity contribution in [1.82, 2.24) is 5.32 Å². The maximum Gasteiger partial charge on any atom is 0.0981 e. The second-order valence-electron chi connectivity index (χ2n) is 5.54. The Hall–Kier alpha value is -1.10. The van der Waals surface area contributed by atoms with Gasteiger partial charge in [-0.25, -0.2) is 0 Å². The zero-order chi connectivity index (χ0) is 14.5. The van der Waals surface area contributed by atoms with E-state index in [-0.39, 0.29) is 12.7 Å². The minimum absolute atomic E-state index is 0.0768. The van der Waals surface area contributed by atoms with Gasteiger partial charge in [-0.05, 0) is 37.6 Å². The molecule has 4 heteroatoms. The Kier molecular flexibility index (Phi) is 5.40. The number of benzene rings is 1. The van der Waals surface area contributed by atoms with E-state index in [1.165, 1.54) is 16.8 Å². The highest BCUT2D eigenvalue weighted by atomic mass is 16.5. The third kappa shape index (κ3) is 3.51. The predicted octanol–water partition coefficient (Wildman–Crippen LogP) is 1.69. The number of aryl methyl sites for hydroxylation is 1. The number of ether oxygens (including phenoxy) is 1. The number of anilines is 1. The normalized spacial score (nSPS) is 23.1. The van der Waals surface area contributed by atoms with E-state index < -0.39 is 0 Å².